The van der Waals surface area contributed by atoms with Crippen molar-refractivity contribution in [3.8, 4) is 0 Å². The van der Waals surface area contributed by atoms with Gasteiger partial charge < -0.3 is 15.6 Å². The number of carboxylic acid groups (broad SMARTS) is 1. The molecule has 5 nitrogen and oxygen atoms in total. The number of nitrogen functional groups attached to an aromatic ring is 1. The number of anilines is 1. The van der Waals surface area contributed by atoms with Gasteiger partial charge in [-0.2, -0.15) is 0 Å². The molecule has 0 radical (unpaired) electrons. The number of fused-ring (bicyclic) bond motifs is 3. The van der Waals surface area contributed by atoms with Crippen molar-refractivity contribution in [2.75, 3.05) is 12.3 Å². The lowest BCUT2D eigenvalue weighted by Gasteiger charge is -2.13. The summed E-state index contributed by atoms with van der Waals surface area (Å²) in [4.78, 5) is 17.5. The molecule has 18 heavy (non-hydrogen) atoms. The number of hydrogen-bond donors (Lipinski definition) is 2. The van der Waals surface area contributed by atoms with Crippen LogP contribution in [0.4, 0.5) is 5.69 Å². The van der Waals surface area contributed by atoms with Gasteiger partial charge in [-0.1, -0.05) is 0 Å². The first-order chi connectivity index (χ1) is 8.59. The molecule has 2 aromatic heterocycles. The third-order valence-electron chi connectivity index (χ3n) is 3.19. The van der Waals surface area contributed by atoms with E-state index in [-0.39, 0.29) is 5.56 Å². The summed E-state index contributed by atoms with van der Waals surface area (Å²) in [5, 5.41) is 10.0. The summed E-state index contributed by atoms with van der Waals surface area (Å²) in [5.41, 5.74) is 8.06. The number of carbonyl (C=O) groups is 1. The number of aryl methyl sites for hydroxylation is 1. The average Bonchev–Trinajstić information content (AvgIpc) is 2.66. The monoisotopic (exact) mass is 264 g/mol. The van der Waals surface area contributed by atoms with Gasteiger partial charge in [0.2, 0.25) is 0 Å². The van der Waals surface area contributed by atoms with E-state index >= 15 is 0 Å². The number of aromatic nitrogens is 1. The second kappa shape index (κ2) is 3.93. The Kier molecular flexibility index (Phi) is 2.49. The van der Waals surface area contributed by atoms with Crippen molar-refractivity contribution in [3.05, 3.63) is 21.7 Å². The molecule has 0 fully saturated rings. The summed E-state index contributed by atoms with van der Waals surface area (Å²) in [6.07, 6.45) is 0.767. The molecule has 94 valence electrons. The van der Waals surface area contributed by atoms with Gasteiger partial charge in [0.05, 0.1) is 24.6 Å². The summed E-state index contributed by atoms with van der Waals surface area (Å²) in [7, 11) is 0. The average molecular weight is 264 g/mol. The fourth-order valence-corrected chi connectivity index (χ4v) is 3.59. The third kappa shape index (κ3) is 1.49. The SMILES string of the molecule is Cc1nc2sc3c(c2c(N)c1C(=O)O)CCOC3. The van der Waals surface area contributed by atoms with E-state index < -0.39 is 5.97 Å². The number of nitrogens with zero attached hydrogens (tertiary/aromatic N) is 1. The molecule has 0 aliphatic carbocycles. The van der Waals surface area contributed by atoms with Crippen molar-refractivity contribution in [3.63, 3.8) is 0 Å². The highest BCUT2D eigenvalue weighted by atomic mass is 32.1. The van der Waals surface area contributed by atoms with Gasteiger partial charge in [0, 0.05) is 10.3 Å². The van der Waals surface area contributed by atoms with Crippen molar-refractivity contribution in [1.82, 2.24) is 4.98 Å². The van der Waals surface area contributed by atoms with E-state index in [1.807, 2.05) is 0 Å². The van der Waals surface area contributed by atoms with E-state index in [0.29, 0.717) is 24.6 Å². The number of aromatic carboxylic acids is 1. The molecule has 0 amide bonds. The highest BCUT2D eigenvalue weighted by Gasteiger charge is 2.23. The maximum Gasteiger partial charge on any atom is 0.339 e. The second-order valence-corrected chi connectivity index (χ2v) is 5.36. The Morgan fingerprint density at radius 1 is 1.56 bits per heavy atom. The normalized spacial score (nSPS) is 14.7. The molecule has 0 unspecified atom stereocenters. The Balaban J connectivity index is 2.39. The van der Waals surface area contributed by atoms with Gasteiger partial charge in [-0.05, 0) is 18.9 Å². The van der Waals surface area contributed by atoms with Crippen LogP contribution in [0.25, 0.3) is 10.2 Å². The standard InChI is InChI=1S/C12H12N2O3S/c1-5-8(12(15)16)10(13)9-6-2-3-17-4-7(6)18-11(9)14-5/h2-4H2,1H3,(H2,13,14)(H,15,16). The molecule has 1 aliphatic rings. The fraction of sp³-hybridized carbons (Fsp3) is 0.333. The largest absolute Gasteiger partial charge is 0.478 e. The molecular weight excluding hydrogens is 252 g/mol. The first-order valence-corrected chi connectivity index (χ1v) is 6.42. The molecule has 6 heteroatoms. The molecule has 0 saturated heterocycles. The Morgan fingerprint density at radius 3 is 3.06 bits per heavy atom. The van der Waals surface area contributed by atoms with Crippen LogP contribution in [0.1, 0.15) is 26.5 Å². The van der Waals surface area contributed by atoms with Crippen LogP contribution in [0.5, 0.6) is 0 Å². The van der Waals surface area contributed by atoms with Crippen LogP contribution in [0.15, 0.2) is 0 Å². The zero-order valence-corrected chi connectivity index (χ0v) is 10.6. The van der Waals surface area contributed by atoms with Gasteiger partial charge in [-0.3, -0.25) is 0 Å². The lowest BCUT2D eigenvalue weighted by atomic mass is 10.0. The predicted molar refractivity (Wildman–Crippen MR) is 69.1 cm³/mol. The number of thiophene rings is 1. The van der Waals surface area contributed by atoms with Gasteiger partial charge in [0.1, 0.15) is 10.4 Å². The van der Waals surface area contributed by atoms with Gasteiger partial charge in [-0.25, -0.2) is 9.78 Å². The molecule has 0 bridgehead atoms. The number of nitrogens with two attached hydrogens (primary N) is 1. The lowest BCUT2D eigenvalue weighted by Crippen LogP contribution is -2.10. The van der Waals surface area contributed by atoms with Crippen LogP contribution in [-0.2, 0) is 17.8 Å². The van der Waals surface area contributed by atoms with Crippen LogP contribution >= 0.6 is 11.3 Å². The molecule has 0 aromatic carbocycles. The number of carboxylic acids is 1. The highest BCUT2D eigenvalue weighted by molar-refractivity contribution is 7.19. The maximum atomic E-state index is 11.2. The molecule has 0 atom stereocenters. The van der Waals surface area contributed by atoms with E-state index in [1.54, 1.807) is 6.92 Å². The lowest BCUT2D eigenvalue weighted by molar-refractivity contribution is 0.0697. The maximum absolute atomic E-state index is 11.2. The smallest absolute Gasteiger partial charge is 0.339 e. The van der Waals surface area contributed by atoms with Crippen LogP contribution in [0, 0.1) is 6.92 Å². The minimum absolute atomic E-state index is 0.120. The quantitative estimate of drug-likeness (QED) is 0.822. The fourth-order valence-electron chi connectivity index (χ4n) is 2.37. The topological polar surface area (TPSA) is 85.4 Å². The minimum atomic E-state index is -1.02. The van der Waals surface area contributed by atoms with E-state index in [1.165, 1.54) is 11.3 Å². The number of ether oxygens (including phenoxy) is 1. The van der Waals surface area contributed by atoms with Crippen LogP contribution in [0.2, 0.25) is 0 Å². The van der Waals surface area contributed by atoms with E-state index in [0.717, 1.165) is 27.1 Å². The van der Waals surface area contributed by atoms with Crippen LogP contribution in [-0.4, -0.2) is 22.7 Å². The molecule has 3 N–H and O–H groups in total. The highest BCUT2D eigenvalue weighted by Crippen LogP contribution is 2.38. The third-order valence-corrected chi connectivity index (χ3v) is 4.28. The Morgan fingerprint density at radius 2 is 2.33 bits per heavy atom. The molecule has 0 spiro atoms. The molecule has 3 rings (SSSR count). The Bertz CT molecular complexity index is 663. The van der Waals surface area contributed by atoms with Crippen molar-refractivity contribution in [2.24, 2.45) is 0 Å². The van der Waals surface area contributed by atoms with Gasteiger partial charge in [0.15, 0.2) is 0 Å². The van der Waals surface area contributed by atoms with E-state index in [2.05, 4.69) is 4.98 Å². The molecule has 1 aliphatic heterocycles. The summed E-state index contributed by atoms with van der Waals surface area (Å²) < 4.78 is 5.40. The number of hydrogen-bond acceptors (Lipinski definition) is 5. The van der Waals surface area contributed by atoms with Crippen molar-refractivity contribution in [2.45, 2.75) is 20.0 Å². The summed E-state index contributed by atoms with van der Waals surface area (Å²) >= 11 is 1.54. The zero-order valence-electron chi connectivity index (χ0n) is 9.82. The van der Waals surface area contributed by atoms with Crippen molar-refractivity contribution in [1.29, 1.82) is 0 Å². The van der Waals surface area contributed by atoms with E-state index in [4.69, 9.17) is 10.5 Å². The van der Waals surface area contributed by atoms with Gasteiger partial charge >= 0.3 is 5.97 Å². The minimum Gasteiger partial charge on any atom is -0.478 e. The number of pyridine rings is 1. The van der Waals surface area contributed by atoms with Crippen molar-refractivity contribution < 1.29 is 14.6 Å². The molecule has 0 saturated carbocycles. The van der Waals surface area contributed by atoms with Crippen molar-refractivity contribution >= 4 is 33.2 Å². The second-order valence-electron chi connectivity index (χ2n) is 4.28. The predicted octanol–water partition coefficient (Wildman–Crippen LogP) is 1.96. The van der Waals surface area contributed by atoms with Crippen LogP contribution in [0.3, 0.4) is 0 Å². The van der Waals surface area contributed by atoms with E-state index in [9.17, 15) is 9.90 Å². The number of rotatable bonds is 1. The molecular formula is C12H12N2O3S. The summed E-state index contributed by atoms with van der Waals surface area (Å²) in [5.74, 6) is -1.02. The zero-order chi connectivity index (χ0) is 12.9. The molecule has 3 heterocycles. The molecule has 2 aromatic rings. The first kappa shape index (κ1) is 11.4. The Hall–Kier alpha value is -1.66. The van der Waals surface area contributed by atoms with Gasteiger partial charge in [0.25, 0.3) is 0 Å². The summed E-state index contributed by atoms with van der Waals surface area (Å²) in [6, 6.07) is 0. The summed E-state index contributed by atoms with van der Waals surface area (Å²) in [6.45, 7) is 2.89. The Labute approximate surface area is 107 Å². The van der Waals surface area contributed by atoms with Gasteiger partial charge in [-0.15, -0.1) is 11.3 Å². The van der Waals surface area contributed by atoms with Crippen LogP contribution < -0.4 is 5.73 Å². The first-order valence-electron chi connectivity index (χ1n) is 5.61.